The van der Waals surface area contributed by atoms with Crippen molar-refractivity contribution in [3.63, 3.8) is 0 Å². The summed E-state index contributed by atoms with van der Waals surface area (Å²) in [5.41, 5.74) is 3.05. The molecule has 2 aromatic carbocycles. The number of benzene rings is 2. The van der Waals surface area contributed by atoms with E-state index in [1.54, 1.807) is 30.3 Å². The summed E-state index contributed by atoms with van der Waals surface area (Å²) in [6, 6.07) is 14.5. The maximum Gasteiger partial charge on any atom is 0.303 e. The largest absolute Gasteiger partial charge is 0.481 e. The van der Waals surface area contributed by atoms with Gasteiger partial charge in [-0.1, -0.05) is 60.7 Å². The first-order valence-electron chi connectivity index (χ1n) is 11.5. The number of hydrogen-bond acceptors (Lipinski definition) is 6. The van der Waals surface area contributed by atoms with Crippen LogP contribution in [0.2, 0.25) is 0 Å². The third-order valence-corrected chi connectivity index (χ3v) is 7.32. The maximum absolute atomic E-state index is 13.5. The Hall–Kier alpha value is -3.50. The molecular weight excluding hydrogens is 498 g/mol. The molecule has 0 saturated carbocycles. The molecule has 186 valence electrons. The topological polar surface area (TPSA) is 107 Å². The van der Waals surface area contributed by atoms with Crippen LogP contribution in [0.15, 0.2) is 53.4 Å². The number of unbranched alkanes of at least 4 members (excludes halogenated alkanes) is 2. The van der Waals surface area contributed by atoms with E-state index in [0.717, 1.165) is 17.3 Å². The van der Waals surface area contributed by atoms with Crippen LogP contribution in [0.3, 0.4) is 0 Å². The fourth-order valence-electron chi connectivity index (χ4n) is 4.19. The second-order valence-electron chi connectivity index (χ2n) is 8.56. The molecule has 36 heavy (non-hydrogen) atoms. The van der Waals surface area contributed by atoms with E-state index in [2.05, 4.69) is 5.32 Å². The summed E-state index contributed by atoms with van der Waals surface area (Å²) in [5, 5.41) is 11.6. The summed E-state index contributed by atoms with van der Waals surface area (Å²) in [6.07, 6.45) is 1.87. The van der Waals surface area contributed by atoms with Crippen LogP contribution in [0.25, 0.3) is 5.57 Å². The maximum atomic E-state index is 13.5. The molecule has 0 bridgehead atoms. The zero-order valence-corrected chi connectivity index (χ0v) is 21.3. The highest BCUT2D eigenvalue weighted by atomic mass is 32.2. The second kappa shape index (κ2) is 11.0. The van der Waals surface area contributed by atoms with Crippen LogP contribution in [0.4, 0.5) is 11.4 Å². The van der Waals surface area contributed by atoms with Crippen LogP contribution in [0.5, 0.6) is 0 Å². The van der Waals surface area contributed by atoms with Gasteiger partial charge < -0.3 is 10.4 Å². The third kappa shape index (κ3) is 5.50. The number of carboxylic acid groups (broad SMARTS) is 1. The van der Waals surface area contributed by atoms with Gasteiger partial charge in [0.25, 0.3) is 11.8 Å². The molecule has 3 amide bonds. The minimum Gasteiger partial charge on any atom is -0.481 e. The van der Waals surface area contributed by atoms with Crippen LogP contribution in [0, 0.1) is 6.92 Å². The lowest BCUT2D eigenvalue weighted by Gasteiger charge is -2.17. The van der Waals surface area contributed by atoms with E-state index in [4.69, 9.17) is 17.3 Å². The molecular formula is C26H25N3O5S2. The lowest BCUT2D eigenvalue weighted by Crippen LogP contribution is -2.35. The lowest BCUT2D eigenvalue weighted by molar-refractivity contribution is -0.137. The molecule has 1 saturated heterocycles. The number of thiocarbonyl (C=S) groups is 1. The summed E-state index contributed by atoms with van der Waals surface area (Å²) < 4.78 is 0.363. The molecule has 8 nitrogen and oxygen atoms in total. The highest BCUT2D eigenvalue weighted by Crippen LogP contribution is 2.44. The van der Waals surface area contributed by atoms with E-state index in [0.29, 0.717) is 47.1 Å². The number of amides is 3. The van der Waals surface area contributed by atoms with E-state index in [1.807, 2.05) is 25.1 Å². The van der Waals surface area contributed by atoms with Crippen molar-refractivity contribution in [1.82, 2.24) is 4.90 Å². The number of aryl methyl sites for hydroxylation is 1. The number of rotatable bonds is 9. The van der Waals surface area contributed by atoms with Crippen molar-refractivity contribution in [3.05, 3.63) is 64.6 Å². The molecule has 1 fully saturated rings. The van der Waals surface area contributed by atoms with E-state index in [9.17, 15) is 19.2 Å². The van der Waals surface area contributed by atoms with Gasteiger partial charge in [0.05, 0.1) is 16.2 Å². The normalized spacial score (nSPS) is 17.1. The van der Waals surface area contributed by atoms with Crippen molar-refractivity contribution >= 4 is 68.9 Å². The summed E-state index contributed by atoms with van der Waals surface area (Å²) in [7, 11) is 0. The van der Waals surface area contributed by atoms with Gasteiger partial charge in [-0.25, -0.2) is 0 Å². The van der Waals surface area contributed by atoms with Crippen LogP contribution in [-0.4, -0.2) is 51.1 Å². The van der Waals surface area contributed by atoms with E-state index in [1.165, 1.54) is 9.80 Å². The number of anilines is 2. The Morgan fingerprint density at radius 3 is 2.53 bits per heavy atom. The van der Waals surface area contributed by atoms with E-state index < -0.39 is 11.9 Å². The Labute approximate surface area is 218 Å². The number of carbonyl (C=O) groups is 4. The highest BCUT2D eigenvalue weighted by Gasteiger charge is 2.42. The van der Waals surface area contributed by atoms with Crippen molar-refractivity contribution in [2.24, 2.45) is 0 Å². The summed E-state index contributed by atoms with van der Waals surface area (Å²) in [5.74, 6) is -1.95. The summed E-state index contributed by atoms with van der Waals surface area (Å²) in [6.45, 7) is 2.09. The molecule has 4 rings (SSSR count). The Balaban J connectivity index is 1.52. The van der Waals surface area contributed by atoms with Gasteiger partial charge in [0.2, 0.25) is 5.91 Å². The van der Waals surface area contributed by atoms with Gasteiger partial charge in [-0.15, -0.1) is 0 Å². The standard InChI is InChI=1S/C26H25N3O5S2/c1-16-8-7-9-17(14-16)27-20(30)15-29-19-11-5-4-10-18(19)22(24(29)33)23-25(34)28(26(35)36-23)13-6-2-3-12-21(31)32/h4-5,7-11,14H,2-3,6,12-13,15H2,1H3,(H,27,30)(H,31,32). The molecule has 2 aliphatic rings. The predicted octanol–water partition coefficient (Wildman–Crippen LogP) is 4.20. The number of carbonyl (C=O) groups excluding carboxylic acids is 3. The Morgan fingerprint density at radius 2 is 1.78 bits per heavy atom. The molecule has 0 aromatic heterocycles. The molecule has 0 atom stereocenters. The number of carboxylic acids is 1. The van der Waals surface area contributed by atoms with Crippen LogP contribution in [-0.2, 0) is 19.2 Å². The first-order chi connectivity index (χ1) is 17.3. The molecule has 0 radical (unpaired) electrons. The molecule has 10 heteroatoms. The molecule has 2 N–H and O–H groups in total. The van der Waals surface area contributed by atoms with Crippen LogP contribution in [0.1, 0.15) is 36.8 Å². The van der Waals surface area contributed by atoms with E-state index >= 15 is 0 Å². The fourth-order valence-corrected chi connectivity index (χ4v) is 5.57. The number of thioether (sulfide) groups is 1. The van der Waals surface area contributed by atoms with Gasteiger partial charge >= 0.3 is 5.97 Å². The van der Waals surface area contributed by atoms with Gasteiger partial charge in [0.15, 0.2) is 0 Å². The van der Waals surface area contributed by atoms with Crippen molar-refractivity contribution in [1.29, 1.82) is 0 Å². The molecule has 2 aromatic rings. The molecule has 0 unspecified atom stereocenters. The minimum absolute atomic E-state index is 0.0843. The van der Waals surface area contributed by atoms with Crippen molar-refractivity contribution in [2.45, 2.75) is 32.6 Å². The Kier molecular flexibility index (Phi) is 7.85. The number of nitrogens with zero attached hydrogens (tertiary/aromatic N) is 2. The summed E-state index contributed by atoms with van der Waals surface area (Å²) in [4.78, 5) is 53.3. The lowest BCUT2D eigenvalue weighted by atomic mass is 10.1. The SMILES string of the molecule is Cc1cccc(NC(=O)CN2C(=O)C(=C3SC(=S)N(CCCCCC(=O)O)C3=O)c3ccccc32)c1. The van der Waals surface area contributed by atoms with Gasteiger partial charge in [0.1, 0.15) is 10.9 Å². The van der Waals surface area contributed by atoms with Crippen molar-refractivity contribution in [2.75, 3.05) is 23.3 Å². The van der Waals surface area contributed by atoms with Gasteiger partial charge in [0, 0.05) is 24.2 Å². The summed E-state index contributed by atoms with van der Waals surface area (Å²) >= 11 is 6.51. The predicted molar refractivity (Wildman–Crippen MR) is 144 cm³/mol. The zero-order valence-electron chi connectivity index (χ0n) is 19.7. The smallest absolute Gasteiger partial charge is 0.303 e. The van der Waals surface area contributed by atoms with Gasteiger partial charge in [-0.3, -0.25) is 29.0 Å². The van der Waals surface area contributed by atoms with Gasteiger partial charge in [-0.2, -0.15) is 0 Å². The Morgan fingerprint density at radius 1 is 1.00 bits per heavy atom. The number of fused-ring (bicyclic) bond motifs is 1. The fraction of sp³-hybridized carbons (Fsp3) is 0.269. The first kappa shape index (κ1) is 25.6. The quantitative estimate of drug-likeness (QED) is 0.288. The average Bonchev–Trinajstić information content (AvgIpc) is 3.25. The number of nitrogens with one attached hydrogen (secondary N) is 1. The first-order valence-corrected chi connectivity index (χ1v) is 12.8. The van der Waals surface area contributed by atoms with Crippen LogP contribution < -0.4 is 10.2 Å². The Bertz CT molecular complexity index is 1290. The number of aliphatic carboxylic acids is 1. The molecule has 2 aliphatic heterocycles. The van der Waals surface area contributed by atoms with Crippen LogP contribution >= 0.6 is 24.0 Å². The third-order valence-electron chi connectivity index (χ3n) is 5.88. The number of para-hydroxylation sites is 1. The second-order valence-corrected chi connectivity index (χ2v) is 10.2. The zero-order chi connectivity index (χ0) is 25.8. The average molecular weight is 524 g/mol. The monoisotopic (exact) mass is 523 g/mol. The molecule has 2 heterocycles. The number of hydrogen-bond donors (Lipinski definition) is 2. The van der Waals surface area contributed by atoms with Crippen molar-refractivity contribution in [3.8, 4) is 0 Å². The van der Waals surface area contributed by atoms with Gasteiger partial charge in [-0.05, 0) is 43.5 Å². The molecule has 0 spiro atoms. The van der Waals surface area contributed by atoms with Crippen molar-refractivity contribution < 1.29 is 24.3 Å². The molecule has 0 aliphatic carbocycles. The minimum atomic E-state index is -0.846. The van der Waals surface area contributed by atoms with E-state index in [-0.39, 0.29) is 35.3 Å². The highest BCUT2D eigenvalue weighted by molar-refractivity contribution is 8.26.